The van der Waals surface area contributed by atoms with Gasteiger partial charge < -0.3 is 20.4 Å². The van der Waals surface area contributed by atoms with Crippen LogP contribution >= 0.6 is 0 Å². The fourth-order valence-corrected chi connectivity index (χ4v) is 3.64. The monoisotopic (exact) mass is 416 g/mol. The number of ether oxygens (including phenoxy) is 1. The number of nitrogens with two attached hydrogens (primary N) is 1. The van der Waals surface area contributed by atoms with Crippen molar-refractivity contribution >= 4 is 21.7 Å². The van der Waals surface area contributed by atoms with E-state index in [0.29, 0.717) is 18.2 Å². The molecule has 0 atom stereocenters. The van der Waals surface area contributed by atoms with Gasteiger partial charge in [0, 0.05) is 31.5 Å². The van der Waals surface area contributed by atoms with Gasteiger partial charge in [-0.25, -0.2) is 23.1 Å². The lowest BCUT2D eigenvalue weighted by Gasteiger charge is -2.11. The molecule has 1 amide bonds. The van der Waals surface area contributed by atoms with Crippen molar-refractivity contribution in [2.24, 2.45) is 5.73 Å². The Morgan fingerprint density at radius 2 is 1.93 bits per heavy atom. The number of carbonyl (C=O) groups is 1. The number of nitrogens with zero attached hydrogens (tertiary/aromatic N) is 3. The van der Waals surface area contributed by atoms with Crippen molar-refractivity contribution in [1.82, 2.24) is 19.3 Å². The van der Waals surface area contributed by atoms with E-state index < -0.39 is 15.9 Å². The third-order valence-corrected chi connectivity index (χ3v) is 5.45. The van der Waals surface area contributed by atoms with Gasteiger partial charge in [0.2, 0.25) is 10.0 Å². The van der Waals surface area contributed by atoms with Gasteiger partial charge >= 0.3 is 0 Å². The molecule has 3 aromatic rings. The zero-order valence-corrected chi connectivity index (χ0v) is 16.4. The van der Waals surface area contributed by atoms with E-state index >= 15 is 0 Å². The normalized spacial score (nSPS) is 11.2. The van der Waals surface area contributed by atoms with Gasteiger partial charge in [-0.15, -0.1) is 0 Å². The lowest BCUT2D eigenvalue weighted by atomic mass is 10.2. The molecule has 0 aliphatic heterocycles. The Morgan fingerprint density at radius 1 is 1.17 bits per heavy atom. The number of anilines is 1. The molecule has 0 radical (unpaired) electrons. The molecule has 1 aromatic carbocycles. The van der Waals surface area contributed by atoms with Crippen LogP contribution in [0.1, 0.15) is 10.4 Å². The van der Waals surface area contributed by atoms with Crippen LogP contribution in [-0.2, 0) is 10.0 Å². The summed E-state index contributed by atoms with van der Waals surface area (Å²) < 4.78 is 34.2. The van der Waals surface area contributed by atoms with Crippen LogP contribution in [0.5, 0.6) is 5.75 Å². The number of primary amides is 1. The maximum Gasteiger partial charge on any atom is 0.252 e. The number of benzene rings is 1. The zero-order chi connectivity index (χ0) is 20.9. The molecule has 0 aliphatic rings. The first-order valence-electron chi connectivity index (χ1n) is 8.57. The average Bonchev–Trinajstić information content (AvgIpc) is 3.26. The molecule has 4 N–H and O–H groups in total. The SMILES string of the molecule is COc1ccc(S(=O)(=O)NCCNc2cc(-n3cccc3)ncn2)cc1C(N)=O. The van der Waals surface area contributed by atoms with Crippen LogP contribution in [0.3, 0.4) is 0 Å². The Hall–Kier alpha value is -3.44. The second-order valence-electron chi connectivity index (χ2n) is 5.90. The van der Waals surface area contributed by atoms with Crippen LogP contribution < -0.4 is 20.5 Å². The number of aromatic nitrogens is 3. The number of methoxy groups -OCH3 is 1. The Labute approximate surface area is 167 Å². The molecule has 3 rings (SSSR count). The molecule has 2 heterocycles. The predicted molar refractivity (Wildman–Crippen MR) is 107 cm³/mol. The maximum atomic E-state index is 12.5. The summed E-state index contributed by atoms with van der Waals surface area (Å²) in [6, 6.07) is 9.42. The van der Waals surface area contributed by atoms with Gasteiger partial charge in [-0.1, -0.05) is 0 Å². The fraction of sp³-hybridized carbons (Fsp3) is 0.167. The highest BCUT2D eigenvalue weighted by Crippen LogP contribution is 2.21. The van der Waals surface area contributed by atoms with E-state index in [1.54, 1.807) is 6.07 Å². The number of carbonyl (C=O) groups excluding carboxylic acids is 1. The lowest BCUT2D eigenvalue weighted by Crippen LogP contribution is -2.29. The van der Waals surface area contributed by atoms with Gasteiger partial charge in [-0.05, 0) is 30.3 Å². The third kappa shape index (κ3) is 4.89. The van der Waals surface area contributed by atoms with Crippen LogP contribution in [0.4, 0.5) is 5.82 Å². The summed E-state index contributed by atoms with van der Waals surface area (Å²) in [6.07, 6.45) is 5.13. The highest BCUT2D eigenvalue weighted by atomic mass is 32.2. The van der Waals surface area contributed by atoms with Gasteiger partial charge in [-0.3, -0.25) is 4.79 Å². The maximum absolute atomic E-state index is 12.5. The first-order valence-corrected chi connectivity index (χ1v) is 10.1. The van der Waals surface area contributed by atoms with Gasteiger partial charge in [-0.2, -0.15) is 0 Å². The smallest absolute Gasteiger partial charge is 0.252 e. The summed E-state index contributed by atoms with van der Waals surface area (Å²) >= 11 is 0. The summed E-state index contributed by atoms with van der Waals surface area (Å²) in [6.45, 7) is 0.392. The van der Waals surface area contributed by atoms with Gasteiger partial charge in [0.15, 0.2) is 0 Å². The van der Waals surface area contributed by atoms with E-state index in [1.165, 1.54) is 31.6 Å². The van der Waals surface area contributed by atoms with Gasteiger partial charge in [0.05, 0.1) is 17.6 Å². The van der Waals surface area contributed by atoms with Crippen molar-refractivity contribution in [2.75, 3.05) is 25.5 Å². The van der Waals surface area contributed by atoms with E-state index in [9.17, 15) is 13.2 Å². The van der Waals surface area contributed by atoms with E-state index in [0.717, 1.165) is 0 Å². The minimum Gasteiger partial charge on any atom is -0.496 e. The molecular formula is C18H20N6O4S. The zero-order valence-electron chi connectivity index (χ0n) is 15.6. The number of hydrogen-bond donors (Lipinski definition) is 3. The van der Waals surface area contributed by atoms with Crippen molar-refractivity contribution in [1.29, 1.82) is 0 Å². The molecule has 10 nitrogen and oxygen atoms in total. The highest BCUT2D eigenvalue weighted by molar-refractivity contribution is 7.89. The Balaban J connectivity index is 1.61. The number of amides is 1. The summed E-state index contributed by atoms with van der Waals surface area (Å²) in [5.74, 6) is 0.678. The predicted octanol–water partition coefficient (Wildman–Crippen LogP) is 0.765. The second kappa shape index (κ2) is 8.71. The minimum absolute atomic E-state index is 0.00738. The Morgan fingerprint density at radius 3 is 2.62 bits per heavy atom. The summed E-state index contributed by atoms with van der Waals surface area (Å²) in [4.78, 5) is 19.7. The largest absolute Gasteiger partial charge is 0.496 e. The number of sulfonamides is 1. The van der Waals surface area contributed by atoms with E-state index in [2.05, 4.69) is 20.0 Å². The Kier molecular flexibility index (Phi) is 6.10. The second-order valence-corrected chi connectivity index (χ2v) is 7.67. The van der Waals surface area contributed by atoms with Crippen molar-refractivity contribution in [3.63, 3.8) is 0 Å². The molecule has 0 saturated carbocycles. The van der Waals surface area contributed by atoms with Crippen molar-refractivity contribution < 1.29 is 17.9 Å². The van der Waals surface area contributed by atoms with E-state index in [-0.39, 0.29) is 22.8 Å². The van der Waals surface area contributed by atoms with Crippen LogP contribution in [0.15, 0.2) is 60.0 Å². The van der Waals surface area contributed by atoms with Crippen LogP contribution in [0.25, 0.3) is 5.82 Å². The molecule has 0 fully saturated rings. The lowest BCUT2D eigenvalue weighted by molar-refractivity contribution is 0.0997. The van der Waals surface area contributed by atoms with Crippen molar-refractivity contribution in [3.05, 3.63) is 60.7 Å². The Bertz CT molecular complexity index is 1100. The molecule has 152 valence electrons. The van der Waals surface area contributed by atoms with Crippen molar-refractivity contribution in [3.8, 4) is 11.6 Å². The van der Waals surface area contributed by atoms with E-state index in [1.807, 2.05) is 29.1 Å². The quantitative estimate of drug-likeness (QED) is 0.437. The van der Waals surface area contributed by atoms with Crippen LogP contribution in [0, 0.1) is 0 Å². The molecule has 0 bridgehead atoms. The first kappa shape index (κ1) is 20.3. The molecule has 0 unspecified atom stereocenters. The number of hydrogen-bond acceptors (Lipinski definition) is 7. The van der Waals surface area contributed by atoms with Gasteiger partial charge in [0.1, 0.15) is 23.7 Å². The summed E-state index contributed by atoms with van der Waals surface area (Å²) in [5, 5.41) is 3.03. The molecule has 2 aromatic heterocycles. The topological polar surface area (TPSA) is 141 Å². The standard InChI is InChI=1S/C18H20N6O4S/c1-28-15-5-4-13(10-14(15)18(19)25)29(26,27)23-7-6-20-16-11-17(22-12-21-16)24-8-2-3-9-24/h2-5,8-12,23H,6-7H2,1H3,(H2,19,25)(H,20,21,22). The molecular weight excluding hydrogens is 396 g/mol. The van der Waals surface area contributed by atoms with E-state index in [4.69, 9.17) is 10.5 Å². The fourth-order valence-electron chi connectivity index (χ4n) is 2.58. The molecule has 0 saturated heterocycles. The third-order valence-electron chi connectivity index (χ3n) is 3.99. The number of rotatable bonds is 9. The molecule has 11 heteroatoms. The molecule has 29 heavy (non-hydrogen) atoms. The summed E-state index contributed by atoms with van der Waals surface area (Å²) in [7, 11) is -2.46. The summed E-state index contributed by atoms with van der Waals surface area (Å²) in [5.41, 5.74) is 5.27. The van der Waals surface area contributed by atoms with Gasteiger partial charge in [0.25, 0.3) is 5.91 Å². The molecule has 0 spiro atoms. The number of nitrogens with one attached hydrogen (secondary N) is 2. The average molecular weight is 416 g/mol. The molecule has 0 aliphatic carbocycles. The van der Waals surface area contributed by atoms with Crippen LogP contribution in [0.2, 0.25) is 0 Å². The van der Waals surface area contributed by atoms with Crippen molar-refractivity contribution in [2.45, 2.75) is 4.90 Å². The first-order chi connectivity index (χ1) is 13.9. The highest BCUT2D eigenvalue weighted by Gasteiger charge is 2.18. The van der Waals surface area contributed by atoms with Crippen LogP contribution in [-0.4, -0.2) is 49.1 Å². The minimum atomic E-state index is -3.83.